The Morgan fingerprint density at radius 2 is 2.25 bits per heavy atom. The number of non-ortho nitro benzene ring substituents is 1. The fourth-order valence-electron chi connectivity index (χ4n) is 1.37. The van der Waals surface area contributed by atoms with Crippen LogP contribution >= 0.6 is 0 Å². The van der Waals surface area contributed by atoms with Gasteiger partial charge in [0.05, 0.1) is 4.92 Å². The maximum Gasteiger partial charge on any atom is 0.270 e. The minimum absolute atomic E-state index is 0.00144. The number of nitro groups is 1. The van der Waals surface area contributed by atoms with Crippen molar-refractivity contribution in [1.29, 1.82) is 0 Å². The van der Waals surface area contributed by atoms with Gasteiger partial charge in [-0.2, -0.15) is 0 Å². The molecular weight excluding hydrogens is 212 g/mol. The lowest BCUT2D eigenvalue weighted by Gasteiger charge is -1.90. The number of furan rings is 1. The third-order valence-corrected chi connectivity index (χ3v) is 2.22. The van der Waals surface area contributed by atoms with Crippen LogP contribution in [0.25, 0.3) is 11.0 Å². The molecule has 2 rings (SSSR count). The first kappa shape index (κ1) is 10.2. The second-order valence-corrected chi connectivity index (χ2v) is 3.28. The third-order valence-electron chi connectivity index (χ3n) is 2.22. The summed E-state index contributed by atoms with van der Waals surface area (Å²) in [6.07, 6.45) is 0. The van der Waals surface area contributed by atoms with E-state index in [2.05, 4.69) is 5.16 Å². The van der Waals surface area contributed by atoms with Crippen LogP contribution in [-0.4, -0.2) is 15.8 Å². The minimum Gasteiger partial charge on any atom is -0.455 e. The van der Waals surface area contributed by atoms with Gasteiger partial charge in [0, 0.05) is 17.5 Å². The molecule has 1 heterocycles. The van der Waals surface area contributed by atoms with E-state index >= 15 is 0 Å². The number of fused-ring (bicyclic) bond motifs is 1. The molecule has 0 amide bonds. The molecule has 1 N–H and O–H groups in total. The molecule has 0 saturated carbocycles. The quantitative estimate of drug-likeness (QED) is 0.364. The molecule has 1 aromatic heterocycles. The normalized spacial score (nSPS) is 11.9. The molecule has 0 bridgehead atoms. The summed E-state index contributed by atoms with van der Waals surface area (Å²) in [5.74, 6) is 0.387. The molecule has 0 saturated heterocycles. The first-order valence-electron chi connectivity index (χ1n) is 4.49. The van der Waals surface area contributed by atoms with E-state index in [9.17, 15) is 10.1 Å². The van der Waals surface area contributed by atoms with Gasteiger partial charge in [-0.05, 0) is 19.1 Å². The van der Waals surface area contributed by atoms with Crippen LogP contribution in [0.2, 0.25) is 0 Å². The summed E-state index contributed by atoms with van der Waals surface area (Å²) in [6.45, 7) is 1.58. The van der Waals surface area contributed by atoms with Gasteiger partial charge in [0.1, 0.15) is 11.3 Å². The predicted octanol–water partition coefficient (Wildman–Crippen LogP) is 2.54. The van der Waals surface area contributed by atoms with Crippen molar-refractivity contribution >= 4 is 22.4 Å². The highest BCUT2D eigenvalue weighted by molar-refractivity contribution is 5.99. The molecule has 82 valence electrons. The highest BCUT2D eigenvalue weighted by atomic mass is 16.6. The average Bonchev–Trinajstić information content (AvgIpc) is 2.70. The lowest BCUT2D eigenvalue weighted by molar-refractivity contribution is -0.384. The molecule has 0 aliphatic rings. The minimum atomic E-state index is -0.473. The number of nitro benzene ring substituents is 1. The Balaban J connectivity index is 2.58. The average molecular weight is 220 g/mol. The number of rotatable bonds is 2. The molecular formula is C10H8N2O4. The number of oxime groups is 1. The molecule has 0 atom stereocenters. The van der Waals surface area contributed by atoms with Crippen LogP contribution in [-0.2, 0) is 0 Å². The van der Waals surface area contributed by atoms with E-state index in [0.717, 1.165) is 0 Å². The molecule has 6 heteroatoms. The van der Waals surface area contributed by atoms with Crippen LogP contribution < -0.4 is 0 Å². The Kier molecular flexibility index (Phi) is 2.32. The zero-order valence-corrected chi connectivity index (χ0v) is 8.38. The molecule has 2 aromatic rings. The van der Waals surface area contributed by atoms with E-state index in [1.165, 1.54) is 18.2 Å². The maximum absolute atomic E-state index is 10.6. The molecule has 6 nitrogen and oxygen atoms in total. The first-order chi connectivity index (χ1) is 7.61. The summed E-state index contributed by atoms with van der Waals surface area (Å²) < 4.78 is 5.34. The highest BCUT2D eigenvalue weighted by Gasteiger charge is 2.11. The van der Waals surface area contributed by atoms with Gasteiger partial charge in [0.2, 0.25) is 0 Å². The molecule has 0 aliphatic carbocycles. The Hall–Kier alpha value is -2.37. The smallest absolute Gasteiger partial charge is 0.270 e. The Morgan fingerprint density at radius 3 is 2.88 bits per heavy atom. The van der Waals surface area contributed by atoms with E-state index in [4.69, 9.17) is 9.62 Å². The monoisotopic (exact) mass is 220 g/mol. The molecule has 0 radical (unpaired) electrons. The van der Waals surface area contributed by atoms with Crippen LogP contribution in [0.5, 0.6) is 0 Å². The van der Waals surface area contributed by atoms with Crippen molar-refractivity contribution in [3.8, 4) is 0 Å². The number of benzene rings is 1. The topological polar surface area (TPSA) is 88.9 Å². The molecule has 0 spiro atoms. The van der Waals surface area contributed by atoms with E-state index < -0.39 is 4.92 Å². The highest BCUT2D eigenvalue weighted by Crippen LogP contribution is 2.24. The molecule has 0 fully saturated rings. The summed E-state index contributed by atoms with van der Waals surface area (Å²) in [5, 5.41) is 22.7. The largest absolute Gasteiger partial charge is 0.455 e. The zero-order chi connectivity index (χ0) is 11.7. The van der Waals surface area contributed by atoms with Crippen molar-refractivity contribution < 1.29 is 14.5 Å². The molecule has 16 heavy (non-hydrogen) atoms. The van der Waals surface area contributed by atoms with Crippen molar-refractivity contribution in [2.75, 3.05) is 0 Å². The van der Waals surface area contributed by atoms with Crippen molar-refractivity contribution in [2.45, 2.75) is 6.92 Å². The van der Waals surface area contributed by atoms with Crippen molar-refractivity contribution in [3.63, 3.8) is 0 Å². The number of hydrogen-bond acceptors (Lipinski definition) is 5. The summed E-state index contributed by atoms with van der Waals surface area (Å²) >= 11 is 0. The lowest BCUT2D eigenvalue weighted by Crippen LogP contribution is -1.89. The van der Waals surface area contributed by atoms with Crippen molar-refractivity contribution in [3.05, 3.63) is 40.1 Å². The number of hydrogen-bond donors (Lipinski definition) is 1. The van der Waals surface area contributed by atoms with Gasteiger partial charge in [-0.25, -0.2) is 0 Å². The predicted molar refractivity (Wildman–Crippen MR) is 56.9 cm³/mol. The maximum atomic E-state index is 10.6. The summed E-state index contributed by atoms with van der Waals surface area (Å²) in [7, 11) is 0. The zero-order valence-electron chi connectivity index (χ0n) is 8.38. The van der Waals surface area contributed by atoms with E-state index in [1.54, 1.807) is 13.0 Å². The summed E-state index contributed by atoms with van der Waals surface area (Å²) in [4.78, 5) is 10.1. The van der Waals surface area contributed by atoms with Gasteiger partial charge in [-0.15, -0.1) is 0 Å². The second-order valence-electron chi connectivity index (χ2n) is 3.28. The van der Waals surface area contributed by atoms with E-state index in [0.29, 0.717) is 22.4 Å². The molecule has 1 aromatic carbocycles. The molecule has 0 aliphatic heterocycles. The Bertz CT molecular complexity index is 586. The Morgan fingerprint density at radius 1 is 1.50 bits per heavy atom. The third kappa shape index (κ3) is 1.60. The summed E-state index contributed by atoms with van der Waals surface area (Å²) in [5.41, 5.74) is 0.834. The van der Waals surface area contributed by atoms with Crippen LogP contribution in [0.15, 0.2) is 33.8 Å². The van der Waals surface area contributed by atoms with Crippen molar-refractivity contribution in [1.82, 2.24) is 0 Å². The number of nitrogens with zero attached hydrogens (tertiary/aromatic N) is 2. The van der Waals surface area contributed by atoms with Crippen molar-refractivity contribution in [2.24, 2.45) is 5.16 Å². The van der Waals surface area contributed by atoms with Gasteiger partial charge in [0.25, 0.3) is 5.69 Å². The van der Waals surface area contributed by atoms with Crippen LogP contribution in [0.1, 0.15) is 12.7 Å². The van der Waals surface area contributed by atoms with Gasteiger partial charge in [-0.3, -0.25) is 10.1 Å². The first-order valence-corrected chi connectivity index (χ1v) is 4.49. The van der Waals surface area contributed by atoms with E-state index in [-0.39, 0.29) is 5.69 Å². The van der Waals surface area contributed by atoms with Gasteiger partial charge in [0.15, 0.2) is 5.76 Å². The Labute approximate surface area is 89.9 Å². The van der Waals surface area contributed by atoms with Gasteiger partial charge < -0.3 is 9.62 Å². The molecule has 0 unspecified atom stereocenters. The standard InChI is InChI=1S/C10H8N2O4/c1-6(11-13)10-5-7-4-8(12(14)15)2-3-9(7)16-10/h2-5,13H,1H3/b11-6+. The van der Waals surface area contributed by atoms with Crippen LogP contribution in [0.4, 0.5) is 5.69 Å². The SMILES string of the molecule is C/C(=N\O)c1cc2cc([N+](=O)[O-])ccc2o1. The van der Waals surface area contributed by atoms with Gasteiger partial charge in [-0.1, -0.05) is 5.16 Å². The van der Waals surface area contributed by atoms with Gasteiger partial charge >= 0.3 is 0 Å². The van der Waals surface area contributed by atoms with Crippen LogP contribution in [0, 0.1) is 10.1 Å². The fraction of sp³-hybridized carbons (Fsp3) is 0.100. The summed E-state index contributed by atoms with van der Waals surface area (Å²) in [6, 6.07) is 5.88. The van der Waals surface area contributed by atoms with E-state index in [1.807, 2.05) is 0 Å². The fourth-order valence-corrected chi connectivity index (χ4v) is 1.37. The lowest BCUT2D eigenvalue weighted by atomic mass is 10.2. The van der Waals surface area contributed by atoms with Crippen LogP contribution in [0.3, 0.4) is 0 Å². The second kappa shape index (κ2) is 3.65.